The third-order valence-corrected chi connectivity index (χ3v) is 2.58. The van der Waals surface area contributed by atoms with Crippen molar-refractivity contribution in [3.05, 3.63) is 12.3 Å². The maximum atomic E-state index is 11.5. The van der Waals surface area contributed by atoms with E-state index in [4.69, 9.17) is 4.74 Å². The van der Waals surface area contributed by atoms with E-state index >= 15 is 0 Å². The van der Waals surface area contributed by atoms with E-state index in [1.54, 1.807) is 24.0 Å². The molecule has 0 radical (unpaired) electrons. The van der Waals surface area contributed by atoms with E-state index in [9.17, 15) is 4.79 Å². The van der Waals surface area contributed by atoms with E-state index in [2.05, 4.69) is 15.7 Å². The van der Waals surface area contributed by atoms with Gasteiger partial charge < -0.3 is 10.1 Å². The molecule has 1 saturated heterocycles. The maximum Gasteiger partial charge on any atom is 0.320 e. The summed E-state index contributed by atoms with van der Waals surface area (Å²) in [5.41, 5.74) is 0. The second-order valence-corrected chi connectivity index (χ2v) is 3.81. The van der Waals surface area contributed by atoms with Gasteiger partial charge >= 0.3 is 6.03 Å². The summed E-state index contributed by atoms with van der Waals surface area (Å²) >= 11 is 0. The van der Waals surface area contributed by atoms with E-state index in [0.717, 1.165) is 19.4 Å². The van der Waals surface area contributed by atoms with Crippen LogP contribution >= 0.6 is 0 Å². The summed E-state index contributed by atoms with van der Waals surface area (Å²) in [6, 6.07) is 1.52. The number of anilines is 1. The van der Waals surface area contributed by atoms with Gasteiger partial charge in [0.15, 0.2) is 0 Å². The first-order valence-electron chi connectivity index (χ1n) is 5.40. The number of ether oxygens (including phenoxy) is 1. The lowest BCUT2D eigenvalue weighted by Gasteiger charge is -2.11. The average Bonchev–Trinajstić information content (AvgIpc) is 2.88. The summed E-state index contributed by atoms with van der Waals surface area (Å²) in [5, 5.41) is 9.44. The van der Waals surface area contributed by atoms with Crippen molar-refractivity contribution in [1.82, 2.24) is 15.1 Å². The topological polar surface area (TPSA) is 68.2 Å². The Kier molecular flexibility index (Phi) is 3.40. The van der Waals surface area contributed by atoms with Gasteiger partial charge in [-0.25, -0.2) is 4.79 Å². The van der Waals surface area contributed by atoms with Crippen LogP contribution in [0.5, 0.6) is 0 Å². The van der Waals surface area contributed by atoms with Crippen molar-refractivity contribution in [3.8, 4) is 0 Å². The number of urea groups is 1. The zero-order valence-electron chi connectivity index (χ0n) is 9.27. The molecule has 1 atom stereocenters. The maximum absolute atomic E-state index is 11.5. The highest BCUT2D eigenvalue weighted by atomic mass is 16.5. The van der Waals surface area contributed by atoms with Crippen molar-refractivity contribution in [1.29, 1.82) is 0 Å². The summed E-state index contributed by atoms with van der Waals surface area (Å²) in [7, 11) is 1.77. The van der Waals surface area contributed by atoms with Crippen LogP contribution in [0.2, 0.25) is 0 Å². The van der Waals surface area contributed by atoms with Gasteiger partial charge in [0.05, 0.1) is 12.3 Å². The van der Waals surface area contributed by atoms with Gasteiger partial charge in [-0.2, -0.15) is 5.10 Å². The number of hydrogen-bond donors (Lipinski definition) is 2. The molecule has 88 valence electrons. The fourth-order valence-electron chi connectivity index (χ4n) is 1.67. The molecule has 0 bridgehead atoms. The van der Waals surface area contributed by atoms with Gasteiger partial charge in [-0.05, 0) is 12.8 Å². The molecule has 1 unspecified atom stereocenters. The van der Waals surface area contributed by atoms with Crippen LogP contribution in [0.25, 0.3) is 0 Å². The number of rotatable bonds is 3. The van der Waals surface area contributed by atoms with Crippen LogP contribution in [0, 0.1) is 0 Å². The molecule has 1 aliphatic heterocycles. The first-order chi connectivity index (χ1) is 7.75. The number of hydrogen-bond acceptors (Lipinski definition) is 3. The highest BCUT2D eigenvalue weighted by Crippen LogP contribution is 2.10. The van der Waals surface area contributed by atoms with Gasteiger partial charge in [-0.1, -0.05) is 0 Å². The van der Waals surface area contributed by atoms with Crippen molar-refractivity contribution in [2.75, 3.05) is 18.5 Å². The predicted octanol–water partition coefficient (Wildman–Crippen LogP) is 0.721. The minimum atomic E-state index is -0.223. The highest BCUT2D eigenvalue weighted by molar-refractivity contribution is 5.88. The van der Waals surface area contributed by atoms with Crippen LogP contribution in [-0.4, -0.2) is 35.1 Å². The zero-order chi connectivity index (χ0) is 11.4. The number of nitrogens with one attached hydrogen (secondary N) is 2. The summed E-state index contributed by atoms with van der Waals surface area (Å²) in [5.74, 6) is 0.671. The third-order valence-electron chi connectivity index (χ3n) is 2.58. The Hall–Kier alpha value is -1.56. The molecule has 2 rings (SSSR count). The van der Waals surface area contributed by atoms with Gasteiger partial charge in [0, 0.05) is 26.3 Å². The fraction of sp³-hybridized carbons (Fsp3) is 0.600. The molecule has 2 heterocycles. The standard InChI is InChI=1S/C10H16N4O2/c1-14-9(4-5-12-14)13-10(15)11-7-8-3-2-6-16-8/h4-5,8H,2-3,6-7H2,1H3,(H2,11,13,15). The van der Waals surface area contributed by atoms with Gasteiger partial charge in [0.1, 0.15) is 5.82 Å². The Balaban J connectivity index is 1.74. The number of carbonyl (C=O) groups is 1. The van der Waals surface area contributed by atoms with Gasteiger partial charge in [-0.3, -0.25) is 10.00 Å². The van der Waals surface area contributed by atoms with Crippen LogP contribution in [0.3, 0.4) is 0 Å². The SMILES string of the molecule is Cn1nccc1NC(=O)NCC1CCCO1. The minimum Gasteiger partial charge on any atom is -0.376 e. The second kappa shape index (κ2) is 4.98. The molecule has 16 heavy (non-hydrogen) atoms. The lowest BCUT2D eigenvalue weighted by molar-refractivity contribution is 0.112. The van der Waals surface area contributed by atoms with Crippen LogP contribution in [0.1, 0.15) is 12.8 Å². The fourth-order valence-corrected chi connectivity index (χ4v) is 1.67. The molecule has 0 saturated carbocycles. The van der Waals surface area contributed by atoms with E-state index in [1.165, 1.54) is 0 Å². The molecule has 1 aromatic heterocycles. The zero-order valence-corrected chi connectivity index (χ0v) is 9.27. The van der Waals surface area contributed by atoms with E-state index < -0.39 is 0 Å². The van der Waals surface area contributed by atoms with Crippen molar-refractivity contribution in [3.63, 3.8) is 0 Å². The van der Waals surface area contributed by atoms with E-state index in [1.807, 2.05) is 0 Å². The molecular weight excluding hydrogens is 208 g/mol. The monoisotopic (exact) mass is 224 g/mol. The Morgan fingerprint density at radius 3 is 3.25 bits per heavy atom. The molecule has 0 aliphatic carbocycles. The van der Waals surface area contributed by atoms with Gasteiger partial charge in [-0.15, -0.1) is 0 Å². The van der Waals surface area contributed by atoms with Crippen molar-refractivity contribution >= 4 is 11.8 Å². The smallest absolute Gasteiger partial charge is 0.320 e. The second-order valence-electron chi connectivity index (χ2n) is 3.81. The Labute approximate surface area is 94.0 Å². The predicted molar refractivity (Wildman–Crippen MR) is 59.2 cm³/mol. The summed E-state index contributed by atoms with van der Waals surface area (Å²) in [6.45, 7) is 1.36. The van der Waals surface area contributed by atoms with Crippen LogP contribution in [0.4, 0.5) is 10.6 Å². The first kappa shape index (κ1) is 10.9. The number of amides is 2. The van der Waals surface area contributed by atoms with Crippen molar-refractivity contribution in [2.24, 2.45) is 7.05 Å². The summed E-state index contributed by atoms with van der Waals surface area (Å²) in [6.07, 6.45) is 3.90. The molecular formula is C10H16N4O2. The lowest BCUT2D eigenvalue weighted by Crippen LogP contribution is -2.35. The molecule has 1 aromatic rings. The normalized spacial score (nSPS) is 19.7. The first-order valence-corrected chi connectivity index (χ1v) is 5.40. The molecule has 6 heteroatoms. The van der Waals surface area contributed by atoms with E-state index in [-0.39, 0.29) is 12.1 Å². The number of aromatic nitrogens is 2. The van der Waals surface area contributed by atoms with Crippen LogP contribution in [-0.2, 0) is 11.8 Å². The number of aryl methyl sites for hydroxylation is 1. The Bertz CT molecular complexity index is 357. The molecule has 1 aliphatic rings. The molecule has 2 amide bonds. The number of nitrogens with zero attached hydrogens (tertiary/aromatic N) is 2. The summed E-state index contributed by atoms with van der Waals surface area (Å²) < 4.78 is 7.01. The largest absolute Gasteiger partial charge is 0.376 e. The molecule has 6 nitrogen and oxygen atoms in total. The third kappa shape index (κ3) is 2.73. The van der Waals surface area contributed by atoms with Crippen molar-refractivity contribution in [2.45, 2.75) is 18.9 Å². The molecule has 2 N–H and O–H groups in total. The van der Waals surface area contributed by atoms with Gasteiger partial charge in [0.2, 0.25) is 0 Å². The van der Waals surface area contributed by atoms with E-state index in [0.29, 0.717) is 12.4 Å². The summed E-state index contributed by atoms with van der Waals surface area (Å²) in [4.78, 5) is 11.5. The lowest BCUT2D eigenvalue weighted by atomic mass is 10.2. The van der Waals surface area contributed by atoms with Gasteiger partial charge in [0.25, 0.3) is 0 Å². The molecule has 0 spiro atoms. The van der Waals surface area contributed by atoms with Crippen molar-refractivity contribution < 1.29 is 9.53 Å². The number of carbonyl (C=O) groups excluding carboxylic acids is 1. The highest BCUT2D eigenvalue weighted by Gasteiger charge is 2.16. The molecule has 1 fully saturated rings. The Morgan fingerprint density at radius 2 is 2.62 bits per heavy atom. The quantitative estimate of drug-likeness (QED) is 0.795. The molecule has 0 aromatic carbocycles. The van der Waals surface area contributed by atoms with Crippen LogP contribution < -0.4 is 10.6 Å². The average molecular weight is 224 g/mol. The van der Waals surface area contributed by atoms with Crippen LogP contribution in [0.15, 0.2) is 12.3 Å². The minimum absolute atomic E-state index is 0.164. The Morgan fingerprint density at radius 1 is 1.75 bits per heavy atom.